The number of rotatable bonds is 3. The lowest BCUT2D eigenvalue weighted by Crippen LogP contribution is -2.32. The number of nitrogens with one attached hydrogen (secondary N) is 1. The van der Waals surface area contributed by atoms with E-state index in [1.54, 1.807) is 12.1 Å². The summed E-state index contributed by atoms with van der Waals surface area (Å²) in [7, 11) is 0. The molecule has 2 nitrogen and oxygen atoms in total. The molecule has 1 aromatic carbocycles. The van der Waals surface area contributed by atoms with E-state index in [0.29, 0.717) is 5.02 Å². The van der Waals surface area contributed by atoms with Gasteiger partial charge in [0.25, 0.3) is 0 Å². The molecule has 0 amide bonds. The van der Waals surface area contributed by atoms with Crippen LogP contribution < -0.4 is 5.32 Å². The largest absolute Gasteiger partial charge is 0.295 e. The van der Waals surface area contributed by atoms with Gasteiger partial charge in [-0.25, -0.2) is 4.39 Å². The third-order valence-corrected chi connectivity index (χ3v) is 4.00. The molecule has 0 spiro atoms. The van der Waals surface area contributed by atoms with Gasteiger partial charge in [-0.15, -0.1) is 0 Å². The first-order chi connectivity index (χ1) is 9.22. The van der Waals surface area contributed by atoms with Gasteiger partial charge in [-0.1, -0.05) is 43.4 Å². The molecule has 1 unspecified atom stereocenters. The Hall–Kier alpha value is -1.11. The number of halogens is 2. The topological polar surface area (TPSA) is 35.8 Å². The standard InChI is InChI=1S/C15H18ClFN2/c16-12-8-5-9-13(17)15(12)14(10-18)19-11-6-3-1-2-4-7-11/h5,8-9,11,14,19H,1-4,6-7H2. The maximum Gasteiger partial charge on any atom is 0.130 e. The van der Waals surface area contributed by atoms with Gasteiger partial charge < -0.3 is 0 Å². The summed E-state index contributed by atoms with van der Waals surface area (Å²) < 4.78 is 13.8. The highest BCUT2D eigenvalue weighted by molar-refractivity contribution is 6.31. The van der Waals surface area contributed by atoms with Crippen molar-refractivity contribution in [2.75, 3.05) is 0 Å². The number of hydrogen-bond acceptors (Lipinski definition) is 2. The zero-order valence-corrected chi connectivity index (χ0v) is 11.6. The van der Waals surface area contributed by atoms with E-state index in [1.807, 2.05) is 0 Å². The van der Waals surface area contributed by atoms with Gasteiger partial charge in [0.05, 0.1) is 6.07 Å². The Balaban J connectivity index is 2.14. The quantitative estimate of drug-likeness (QED) is 0.835. The smallest absolute Gasteiger partial charge is 0.130 e. The Morgan fingerprint density at radius 2 is 1.95 bits per heavy atom. The predicted octanol–water partition coefficient (Wildman–Crippen LogP) is 4.36. The lowest BCUT2D eigenvalue weighted by Gasteiger charge is -2.21. The molecule has 1 aliphatic carbocycles. The van der Waals surface area contributed by atoms with Gasteiger partial charge in [0.1, 0.15) is 11.9 Å². The Morgan fingerprint density at radius 3 is 2.53 bits per heavy atom. The lowest BCUT2D eigenvalue weighted by atomic mass is 10.0. The summed E-state index contributed by atoms with van der Waals surface area (Å²) in [6.07, 6.45) is 6.92. The van der Waals surface area contributed by atoms with E-state index in [2.05, 4.69) is 11.4 Å². The maximum absolute atomic E-state index is 13.8. The van der Waals surface area contributed by atoms with Crippen LogP contribution in [0.3, 0.4) is 0 Å². The fourth-order valence-electron chi connectivity index (χ4n) is 2.65. The second-order valence-electron chi connectivity index (χ2n) is 5.05. The molecule has 0 aliphatic heterocycles. The van der Waals surface area contributed by atoms with E-state index < -0.39 is 11.9 Å². The minimum absolute atomic E-state index is 0.274. The summed E-state index contributed by atoms with van der Waals surface area (Å²) in [5, 5.41) is 12.9. The molecular weight excluding hydrogens is 263 g/mol. The molecule has 1 atom stereocenters. The van der Waals surface area contributed by atoms with Crippen LogP contribution in [0.2, 0.25) is 5.02 Å². The summed E-state index contributed by atoms with van der Waals surface area (Å²) >= 11 is 6.02. The molecular formula is C15H18ClFN2. The summed E-state index contributed by atoms with van der Waals surface area (Å²) in [5.41, 5.74) is 0.274. The van der Waals surface area contributed by atoms with Crippen LogP contribution in [0.1, 0.15) is 50.1 Å². The average molecular weight is 281 g/mol. The molecule has 1 N–H and O–H groups in total. The zero-order chi connectivity index (χ0) is 13.7. The van der Waals surface area contributed by atoms with Crippen molar-refractivity contribution in [1.29, 1.82) is 5.26 Å². The van der Waals surface area contributed by atoms with Gasteiger partial charge >= 0.3 is 0 Å². The first-order valence-corrected chi connectivity index (χ1v) is 7.19. The normalized spacial score (nSPS) is 18.6. The van der Waals surface area contributed by atoms with E-state index in [1.165, 1.54) is 31.7 Å². The van der Waals surface area contributed by atoms with Gasteiger partial charge in [0, 0.05) is 16.6 Å². The molecule has 0 saturated heterocycles. The van der Waals surface area contributed by atoms with Crippen LogP contribution in [0.5, 0.6) is 0 Å². The fourth-order valence-corrected chi connectivity index (χ4v) is 2.93. The average Bonchev–Trinajstić information content (AvgIpc) is 2.65. The van der Waals surface area contributed by atoms with Crippen LogP contribution in [0.4, 0.5) is 4.39 Å². The van der Waals surface area contributed by atoms with Crippen molar-refractivity contribution in [1.82, 2.24) is 5.32 Å². The number of nitriles is 1. The monoisotopic (exact) mass is 280 g/mol. The summed E-state index contributed by atoms with van der Waals surface area (Å²) in [6, 6.07) is 6.27. The number of hydrogen-bond donors (Lipinski definition) is 1. The second-order valence-corrected chi connectivity index (χ2v) is 5.46. The van der Waals surface area contributed by atoms with E-state index in [-0.39, 0.29) is 11.6 Å². The van der Waals surface area contributed by atoms with Crippen molar-refractivity contribution < 1.29 is 4.39 Å². The van der Waals surface area contributed by atoms with Crippen LogP contribution in [-0.4, -0.2) is 6.04 Å². The highest BCUT2D eigenvalue weighted by Gasteiger charge is 2.22. The third-order valence-electron chi connectivity index (χ3n) is 3.68. The Labute approximate surface area is 118 Å². The molecule has 1 aromatic rings. The van der Waals surface area contributed by atoms with Crippen molar-refractivity contribution in [2.24, 2.45) is 0 Å². The van der Waals surface area contributed by atoms with E-state index in [9.17, 15) is 9.65 Å². The molecule has 1 fully saturated rings. The molecule has 102 valence electrons. The van der Waals surface area contributed by atoms with Crippen molar-refractivity contribution in [2.45, 2.75) is 50.6 Å². The minimum Gasteiger partial charge on any atom is -0.295 e. The lowest BCUT2D eigenvalue weighted by molar-refractivity contribution is 0.429. The van der Waals surface area contributed by atoms with Crippen molar-refractivity contribution in [3.8, 4) is 6.07 Å². The summed E-state index contributed by atoms with van der Waals surface area (Å²) in [4.78, 5) is 0. The zero-order valence-electron chi connectivity index (χ0n) is 10.8. The fraction of sp³-hybridized carbons (Fsp3) is 0.533. The maximum atomic E-state index is 13.8. The Morgan fingerprint density at radius 1 is 1.26 bits per heavy atom. The van der Waals surface area contributed by atoms with Crippen LogP contribution in [0.15, 0.2) is 18.2 Å². The third kappa shape index (κ3) is 3.68. The van der Waals surface area contributed by atoms with Crippen molar-refractivity contribution >= 4 is 11.6 Å². The Bertz CT molecular complexity index is 441. The first kappa shape index (κ1) is 14.3. The molecule has 1 saturated carbocycles. The molecule has 0 aromatic heterocycles. The van der Waals surface area contributed by atoms with E-state index in [4.69, 9.17) is 11.6 Å². The Kier molecular flexibility index (Phi) is 5.18. The molecule has 0 radical (unpaired) electrons. The molecule has 0 bridgehead atoms. The van der Waals surface area contributed by atoms with Gasteiger partial charge in [0.15, 0.2) is 0 Å². The minimum atomic E-state index is -0.670. The van der Waals surface area contributed by atoms with Crippen LogP contribution in [0, 0.1) is 17.1 Å². The predicted molar refractivity (Wildman–Crippen MR) is 74.4 cm³/mol. The number of benzene rings is 1. The SMILES string of the molecule is N#CC(NC1CCCCCC1)c1c(F)cccc1Cl. The van der Waals surface area contributed by atoms with Crippen LogP contribution in [0.25, 0.3) is 0 Å². The van der Waals surface area contributed by atoms with Gasteiger partial charge in [-0.2, -0.15) is 5.26 Å². The van der Waals surface area contributed by atoms with Gasteiger partial charge in [0.2, 0.25) is 0 Å². The molecule has 19 heavy (non-hydrogen) atoms. The van der Waals surface area contributed by atoms with Gasteiger partial charge in [-0.3, -0.25) is 5.32 Å². The van der Waals surface area contributed by atoms with Crippen molar-refractivity contribution in [3.63, 3.8) is 0 Å². The molecule has 2 rings (SSSR count). The van der Waals surface area contributed by atoms with Crippen molar-refractivity contribution in [3.05, 3.63) is 34.6 Å². The van der Waals surface area contributed by atoms with E-state index >= 15 is 0 Å². The highest BCUT2D eigenvalue weighted by Crippen LogP contribution is 2.27. The molecule has 0 heterocycles. The van der Waals surface area contributed by atoms with Crippen LogP contribution in [-0.2, 0) is 0 Å². The first-order valence-electron chi connectivity index (χ1n) is 6.82. The highest BCUT2D eigenvalue weighted by atomic mass is 35.5. The van der Waals surface area contributed by atoms with Crippen LogP contribution >= 0.6 is 11.6 Å². The summed E-state index contributed by atoms with van der Waals surface area (Å²) in [6.45, 7) is 0. The van der Waals surface area contributed by atoms with Gasteiger partial charge in [-0.05, 0) is 25.0 Å². The number of nitrogens with zero attached hydrogens (tertiary/aromatic N) is 1. The summed E-state index contributed by atoms with van der Waals surface area (Å²) in [5.74, 6) is -0.417. The second kappa shape index (κ2) is 6.88. The molecule has 1 aliphatic rings. The molecule has 4 heteroatoms. The van der Waals surface area contributed by atoms with E-state index in [0.717, 1.165) is 12.8 Å².